The fraction of sp³-hybridized carbons (Fsp3) is 1.00. The van der Waals surface area contributed by atoms with Crippen molar-refractivity contribution in [2.45, 2.75) is 44.7 Å². The molecule has 1 atom stereocenters. The van der Waals surface area contributed by atoms with E-state index in [0.717, 1.165) is 26.0 Å². The van der Waals surface area contributed by atoms with Crippen molar-refractivity contribution in [3.05, 3.63) is 0 Å². The molecule has 0 saturated carbocycles. The predicted octanol–water partition coefficient (Wildman–Crippen LogP) is 1.16. The Balaban J connectivity index is 2.41. The fourth-order valence-electron chi connectivity index (χ4n) is 2.89. The maximum atomic E-state index is 5.62. The molecule has 1 heterocycles. The van der Waals surface area contributed by atoms with Crippen LogP contribution in [0.25, 0.3) is 0 Å². The third kappa shape index (κ3) is 4.84. The van der Waals surface area contributed by atoms with Crippen LogP contribution < -0.4 is 5.73 Å². The standard InChI is InChI=1S/C14H31N3O/c1-4-17-10-7-13(8-11-17)16(2)14(12-18-3)6-5-9-15/h13-14H,4-12,15H2,1-3H3. The number of nitrogens with zero attached hydrogens (tertiary/aromatic N) is 2. The lowest BCUT2D eigenvalue weighted by atomic mass is 10.0. The molecule has 0 aliphatic carbocycles. The molecule has 1 unspecified atom stereocenters. The Hall–Kier alpha value is -0.160. The summed E-state index contributed by atoms with van der Waals surface area (Å²) in [5, 5.41) is 0. The van der Waals surface area contributed by atoms with Crippen LogP contribution in [0.5, 0.6) is 0 Å². The minimum Gasteiger partial charge on any atom is -0.383 e. The predicted molar refractivity (Wildman–Crippen MR) is 76.9 cm³/mol. The number of ether oxygens (including phenoxy) is 1. The minimum atomic E-state index is 0.525. The molecule has 1 rings (SSSR count). The number of methoxy groups -OCH3 is 1. The van der Waals surface area contributed by atoms with Crippen molar-refractivity contribution in [2.24, 2.45) is 5.73 Å². The van der Waals surface area contributed by atoms with E-state index in [1.165, 1.54) is 32.5 Å². The lowest BCUT2D eigenvalue weighted by Gasteiger charge is -2.40. The van der Waals surface area contributed by atoms with Gasteiger partial charge in [0.15, 0.2) is 0 Å². The first-order valence-electron chi connectivity index (χ1n) is 7.36. The van der Waals surface area contributed by atoms with Crippen molar-refractivity contribution in [1.29, 1.82) is 0 Å². The van der Waals surface area contributed by atoms with E-state index in [-0.39, 0.29) is 0 Å². The molecular weight excluding hydrogens is 226 g/mol. The summed E-state index contributed by atoms with van der Waals surface area (Å²) in [5.41, 5.74) is 5.62. The number of likely N-dealkylation sites (N-methyl/N-ethyl adjacent to an activating group) is 1. The monoisotopic (exact) mass is 257 g/mol. The number of hydrogen-bond acceptors (Lipinski definition) is 4. The van der Waals surface area contributed by atoms with Gasteiger partial charge in [0.05, 0.1) is 6.61 Å². The summed E-state index contributed by atoms with van der Waals surface area (Å²) in [6.07, 6.45) is 4.81. The Morgan fingerprint density at radius 1 is 1.39 bits per heavy atom. The molecule has 0 aromatic heterocycles. The van der Waals surface area contributed by atoms with E-state index in [2.05, 4.69) is 23.8 Å². The zero-order valence-corrected chi connectivity index (χ0v) is 12.4. The molecule has 4 heteroatoms. The first-order chi connectivity index (χ1) is 8.72. The molecule has 108 valence electrons. The molecule has 1 saturated heterocycles. The highest BCUT2D eigenvalue weighted by Crippen LogP contribution is 2.19. The Morgan fingerprint density at radius 2 is 2.06 bits per heavy atom. The van der Waals surface area contributed by atoms with E-state index in [0.29, 0.717) is 12.1 Å². The van der Waals surface area contributed by atoms with E-state index < -0.39 is 0 Å². The molecule has 18 heavy (non-hydrogen) atoms. The number of nitrogens with two attached hydrogens (primary N) is 1. The van der Waals surface area contributed by atoms with E-state index in [1.807, 2.05) is 0 Å². The van der Waals surface area contributed by atoms with Crippen LogP contribution in [0, 0.1) is 0 Å². The highest BCUT2D eigenvalue weighted by atomic mass is 16.5. The van der Waals surface area contributed by atoms with Crippen LogP contribution in [0.2, 0.25) is 0 Å². The van der Waals surface area contributed by atoms with Gasteiger partial charge in [-0.1, -0.05) is 6.92 Å². The molecule has 1 aliphatic heterocycles. The minimum absolute atomic E-state index is 0.525. The van der Waals surface area contributed by atoms with Gasteiger partial charge >= 0.3 is 0 Å². The van der Waals surface area contributed by atoms with Gasteiger partial charge in [-0.15, -0.1) is 0 Å². The van der Waals surface area contributed by atoms with Crippen molar-refractivity contribution in [2.75, 3.05) is 46.9 Å². The van der Waals surface area contributed by atoms with Crippen molar-refractivity contribution in [3.8, 4) is 0 Å². The molecule has 0 aromatic carbocycles. The van der Waals surface area contributed by atoms with Gasteiger partial charge in [-0.25, -0.2) is 0 Å². The first kappa shape index (κ1) is 15.9. The average molecular weight is 257 g/mol. The zero-order chi connectivity index (χ0) is 13.4. The Bertz CT molecular complexity index is 205. The maximum Gasteiger partial charge on any atom is 0.0618 e. The van der Waals surface area contributed by atoms with Crippen LogP contribution in [0.3, 0.4) is 0 Å². The summed E-state index contributed by atoms with van der Waals surface area (Å²) in [6.45, 7) is 7.52. The number of hydrogen-bond donors (Lipinski definition) is 1. The van der Waals surface area contributed by atoms with Gasteiger partial charge in [0.1, 0.15) is 0 Å². The molecular formula is C14H31N3O. The Kier molecular flexibility index (Phi) is 7.82. The van der Waals surface area contributed by atoms with Gasteiger partial charge in [-0.05, 0) is 58.9 Å². The van der Waals surface area contributed by atoms with Gasteiger partial charge in [-0.3, -0.25) is 4.90 Å². The lowest BCUT2D eigenvalue weighted by molar-refractivity contribution is 0.0479. The number of rotatable bonds is 8. The zero-order valence-electron chi connectivity index (χ0n) is 12.4. The average Bonchev–Trinajstić information content (AvgIpc) is 2.43. The second-order valence-corrected chi connectivity index (χ2v) is 5.37. The first-order valence-corrected chi connectivity index (χ1v) is 7.36. The second kappa shape index (κ2) is 8.86. The van der Waals surface area contributed by atoms with Gasteiger partial charge in [-0.2, -0.15) is 0 Å². The molecule has 0 bridgehead atoms. The van der Waals surface area contributed by atoms with Crippen molar-refractivity contribution in [1.82, 2.24) is 9.80 Å². The van der Waals surface area contributed by atoms with Crippen LogP contribution in [-0.2, 0) is 4.74 Å². The molecule has 0 spiro atoms. The quantitative estimate of drug-likeness (QED) is 0.708. The van der Waals surface area contributed by atoms with Crippen LogP contribution in [-0.4, -0.2) is 68.8 Å². The van der Waals surface area contributed by atoms with Crippen LogP contribution in [0.4, 0.5) is 0 Å². The van der Waals surface area contributed by atoms with Gasteiger partial charge < -0.3 is 15.4 Å². The lowest BCUT2D eigenvalue weighted by Crippen LogP contribution is -2.48. The molecule has 1 fully saturated rings. The highest BCUT2D eigenvalue weighted by Gasteiger charge is 2.26. The summed E-state index contributed by atoms with van der Waals surface area (Å²) in [5.74, 6) is 0. The van der Waals surface area contributed by atoms with Crippen molar-refractivity contribution < 1.29 is 4.74 Å². The summed E-state index contributed by atoms with van der Waals surface area (Å²) < 4.78 is 5.36. The van der Waals surface area contributed by atoms with E-state index in [1.54, 1.807) is 7.11 Å². The normalized spacial score (nSPS) is 20.5. The molecule has 0 radical (unpaired) electrons. The third-order valence-corrected chi connectivity index (χ3v) is 4.26. The molecule has 2 N–H and O–H groups in total. The SMILES string of the molecule is CCN1CCC(N(C)C(CCCN)COC)CC1. The molecule has 0 amide bonds. The summed E-state index contributed by atoms with van der Waals surface area (Å²) >= 11 is 0. The summed E-state index contributed by atoms with van der Waals surface area (Å²) in [6, 6.07) is 1.24. The van der Waals surface area contributed by atoms with Crippen LogP contribution >= 0.6 is 0 Å². The van der Waals surface area contributed by atoms with Crippen LogP contribution in [0.15, 0.2) is 0 Å². The summed E-state index contributed by atoms with van der Waals surface area (Å²) in [4.78, 5) is 5.07. The molecule has 4 nitrogen and oxygen atoms in total. The van der Waals surface area contributed by atoms with Gasteiger partial charge in [0.2, 0.25) is 0 Å². The highest BCUT2D eigenvalue weighted by molar-refractivity contribution is 4.82. The Morgan fingerprint density at radius 3 is 2.56 bits per heavy atom. The van der Waals surface area contributed by atoms with Crippen molar-refractivity contribution in [3.63, 3.8) is 0 Å². The van der Waals surface area contributed by atoms with E-state index in [4.69, 9.17) is 10.5 Å². The Labute approximate surface area is 112 Å². The fourth-order valence-corrected chi connectivity index (χ4v) is 2.89. The number of likely N-dealkylation sites (tertiary alicyclic amines) is 1. The molecule has 1 aliphatic rings. The third-order valence-electron chi connectivity index (χ3n) is 4.26. The topological polar surface area (TPSA) is 41.7 Å². The smallest absolute Gasteiger partial charge is 0.0618 e. The summed E-state index contributed by atoms with van der Waals surface area (Å²) in [7, 11) is 4.05. The van der Waals surface area contributed by atoms with Crippen molar-refractivity contribution >= 4 is 0 Å². The molecule has 0 aromatic rings. The van der Waals surface area contributed by atoms with E-state index in [9.17, 15) is 0 Å². The van der Waals surface area contributed by atoms with Gasteiger partial charge in [0, 0.05) is 19.2 Å². The second-order valence-electron chi connectivity index (χ2n) is 5.37. The van der Waals surface area contributed by atoms with Crippen LogP contribution in [0.1, 0.15) is 32.6 Å². The number of piperidine rings is 1. The maximum absolute atomic E-state index is 5.62. The van der Waals surface area contributed by atoms with E-state index >= 15 is 0 Å². The largest absolute Gasteiger partial charge is 0.383 e. The van der Waals surface area contributed by atoms with Gasteiger partial charge in [0.25, 0.3) is 0 Å².